The lowest BCUT2D eigenvalue weighted by molar-refractivity contribution is -0.385. The number of nitro benzene ring substituents is 1. The van der Waals surface area contributed by atoms with E-state index in [1.165, 1.54) is 23.5 Å². The second kappa shape index (κ2) is 11.5. The van der Waals surface area contributed by atoms with Gasteiger partial charge in [-0.15, -0.1) is 11.3 Å². The van der Waals surface area contributed by atoms with Gasteiger partial charge in [-0.25, -0.2) is 4.39 Å². The maximum atomic E-state index is 14.3. The fourth-order valence-electron chi connectivity index (χ4n) is 3.86. The van der Waals surface area contributed by atoms with Crippen LogP contribution in [-0.4, -0.2) is 67.0 Å². The predicted molar refractivity (Wildman–Crippen MR) is 132 cm³/mol. The summed E-state index contributed by atoms with van der Waals surface area (Å²) >= 11 is 1.50. The maximum absolute atomic E-state index is 14.3. The van der Waals surface area contributed by atoms with Crippen molar-refractivity contribution in [1.82, 2.24) is 15.2 Å². The van der Waals surface area contributed by atoms with Gasteiger partial charge >= 0.3 is 0 Å². The van der Waals surface area contributed by atoms with Crippen LogP contribution in [0.2, 0.25) is 0 Å². The largest absolute Gasteiger partial charge is 0.453 e. The molecule has 0 aliphatic carbocycles. The first-order valence-electron chi connectivity index (χ1n) is 11.1. The van der Waals surface area contributed by atoms with E-state index >= 15 is 0 Å². The number of nitrogens with one attached hydrogen (secondary N) is 1. The highest BCUT2D eigenvalue weighted by Crippen LogP contribution is 2.39. The van der Waals surface area contributed by atoms with E-state index in [4.69, 9.17) is 9.47 Å². The maximum Gasteiger partial charge on any atom is 0.272 e. The Balaban J connectivity index is 1.48. The van der Waals surface area contributed by atoms with E-state index in [-0.39, 0.29) is 17.5 Å². The van der Waals surface area contributed by atoms with Crippen LogP contribution >= 0.6 is 11.3 Å². The number of rotatable bonds is 11. The minimum atomic E-state index is -0.808. The molecule has 1 aliphatic rings. The molecule has 35 heavy (non-hydrogen) atoms. The van der Waals surface area contributed by atoms with Crippen molar-refractivity contribution < 1.29 is 23.6 Å². The third kappa shape index (κ3) is 5.88. The molecular formula is C24H25FN4O5S. The Morgan fingerprint density at radius 1 is 1.34 bits per heavy atom. The molecular weight excluding hydrogens is 475 g/mol. The van der Waals surface area contributed by atoms with E-state index in [0.717, 1.165) is 46.0 Å². The van der Waals surface area contributed by atoms with Gasteiger partial charge in [0.15, 0.2) is 11.6 Å². The Morgan fingerprint density at radius 2 is 2.20 bits per heavy atom. The quantitative estimate of drug-likeness (QED) is 0.182. The summed E-state index contributed by atoms with van der Waals surface area (Å²) in [4.78, 5) is 29.4. The number of carbonyl (C=O) groups is 1. The normalized spacial score (nSPS) is 15.1. The third-order valence-electron chi connectivity index (χ3n) is 5.74. The van der Waals surface area contributed by atoms with Crippen LogP contribution in [0.25, 0.3) is 15.8 Å². The zero-order valence-corrected chi connectivity index (χ0v) is 19.9. The van der Waals surface area contributed by atoms with Crippen molar-refractivity contribution in [3.05, 3.63) is 63.4 Å². The van der Waals surface area contributed by atoms with Crippen molar-refractivity contribution in [2.45, 2.75) is 12.5 Å². The first-order valence-corrected chi connectivity index (χ1v) is 11.9. The summed E-state index contributed by atoms with van der Waals surface area (Å²) in [5.74, 6) is -0.470. The van der Waals surface area contributed by atoms with Gasteiger partial charge in [0.25, 0.3) is 5.69 Å². The number of halogens is 1. The second-order valence-electron chi connectivity index (χ2n) is 7.98. The molecule has 0 spiro atoms. The summed E-state index contributed by atoms with van der Waals surface area (Å²) in [5, 5.41) is 14.1. The van der Waals surface area contributed by atoms with E-state index in [1.54, 1.807) is 19.4 Å². The highest BCUT2D eigenvalue weighted by atomic mass is 32.1. The average molecular weight is 501 g/mol. The number of aromatic nitrogens is 1. The molecule has 1 aromatic carbocycles. The number of hydrogen-bond acceptors (Lipinski definition) is 9. The number of aldehydes is 1. The Kier molecular flexibility index (Phi) is 8.13. The van der Waals surface area contributed by atoms with Gasteiger partial charge in [0.05, 0.1) is 33.9 Å². The first-order chi connectivity index (χ1) is 17.0. The van der Waals surface area contributed by atoms with Crippen LogP contribution in [0.1, 0.15) is 11.3 Å². The molecule has 1 unspecified atom stereocenters. The van der Waals surface area contributed by atoms with Gasteiger partial charge in [-0.3, -0.25) is 20.0 Å². The second-order valence-corrected chi connectivity index (χ2v) is 9.03. The molecule has 2 aromatic heterocycles. The molecule has 11 heteroatoms. The molecule has 0 saturated heterocycles. The van der Waals surface area contributed by atoms with Gasteiger partial charge in [0.2, 0.25) is 0 Å². The SMILES string of the molecule is COCCNCC(C=O)N1CC=C(c2cc3nccc(Oc4ccc([N+](=O)[O-])cc4F)c3s2)CC1. The van der Waals surface area contributed by atoms with Crippen molar-refractivity contribution >= 4 is 39.1 Å². The van der Waals surface area contributed by atoms with Crippen LogP contribution in [0.5, 0.6) is 11.5 Å². The summed E-state index contributed by atoms with van der Waals surface area (Å²) in [6, 6.07) is 6.71. The van der Waals surface area contributed by atoms with Crippen LogP contribution < -0.4 is 10.1 Å². The van der Waals surface area contributed by atoms with E-state index < -0.39 is 10.7 Å². The Hall–Kier alpha value is -3.25. The molecule has 1 atom stereocenters. The lowest BCUT2D eigenvalue weighted by Crippen LogP contribution is -2.45. The number of pyridine rings is 1. The number of hydrogen-bond donors (Lipinski definition) is 1. The molecule has 0 radical (unpaired) electrons. The standard InChI is InChI=1S/C24H25FN4O5S/c1-33-11-8-26-14-18(15-30)28-9-5-16(6-10-28)23-13-20-24(35-23)22(4-7-27-20)34-21-3-2-17(29(31)32)12-19(21)25/h2-5,7,12-13,15,18,26H,6,8-11,14H2,1H3. The summed E-state index contributed by atoms with van der Waals surface area (Å²) in [6.07, 6.45) is 5.46. The molecule has 1 N–H and O–H groups in total. The van der Waals surface area contributed by atoms with Gasteiger partial charge in [-0.05, 0) is 24.1 Å². The molecule has 3 heterocycles. The van der Waals surface area contributed by atoms with E-state index in [9.17, 15) is 19.3 Å². The summed E-state index contributed by atoms with van der Waals surface area (Å²) < 4.78 is 25.9. The molecule has 4 rings (SSSR count). The van der Waals surface area contributed by atoms with Crippen molar-refractivity contribution in [3.63, 3.8) is 0 Å². The molecule has 3 aromatic rings. The zero-order valence-electron chi connectivity index (χ0n) is 19.1. The van der Waals surface area contributed by atoms with Gasteiger partial charge in [-0.2, -0.15) is 0 Å². The molecule has 1 aliphatic heterocycles. The first kappa shape index (κ1) is 24.9. The summed E-state index contributed by atoms with van der Waals surface area (Å²) in [7, 11) is 1.64. The molecule has 0 fully saturated rings. The van der Waals surface area contributed by atoms with Crippen molar-refractivity contribution in [1.29, 1.82) is 0 Å². The summed E-state index contributed by atoms with van der Waals surface area (Å²) in [6.45, 7) is 3.27. The van der Waals surface area contributed by atoms with Gasteiger partial charge < -0.3 is 19.6 Å². The minimum Gasteiger partial charge on any atom is -0.453 e. The number of carbonyl (C=O) groups excluding carboxylic acids is 1. The zero-order chi connectivity index (χ0) is 24.8. The Bertz CT molecular complexity index is 1250. The number of methoxy groups -OCH3 is 1. The topological polar surface area (TPSA) is 107 Å². The number of fused-ring (bicyclic) bond motifs is 1. The summed E-state index contributed by atoms with van der Waals surface area (Å²) in [5.41, 5.74) is 1.55. The van der Waals surface area contributed by atoms with Crippen LogP contribution in [-0.2, 0) is 9.53 Å². The molecule has 0 bridgehead atoms. The Morgan fingerprint density at radius 3 is 2.89 bits per heavy atom. The highest BCUT2D eigenvalue weighted by Gasteiger charge is 2.22. The van der Waals surface area contributed by atoms with Crippen LogP contribution in [0.4, 0.5) is 10.1 Å². The van der Waals surface area contributed by atoms with E-state index in [2.05, 4.69) is 21.3 Å². The van der Waals surface area contributed by atoms with Crippen molar-refractivity contribution in [2.75, 3.05) is 39.9 Å². The number of ether oxygens (including phenoxy) is 2. The Labute approximate surface area is 205 Å². The fourth-order valence-corrected chi connectivity index (χ4v) is 4.99. The van der Waals surface area contributed by atoms with Crippen LogP contribution in [0, 0.1) is 15.9 Å². The van der Waals surface area contributed by atoms with Gasteiger partial charge in [0.1, 0.15) is 12.0 Å². The minimum absolute atomic E-state index is 0.0930. The smallest absolute Gasteiger partial charge is 0.272 e. The third-order valence-corrected chi connectivity index (χ3v) is 6.96. The van der Waals surface area contributed by atoms with Crippen LogP contribution in [0.15, 0.2) is 42.6 Å². The number of non-ortho nitro benzene ring substituents is 1. The fraction of sp³-hybridized carbons (Fsp3) is 0.333. The molecule has 184 valence electrons. The monoisotopic (exact) mass is 500 g/mol. The lowest BCUT2D eigenvalue weighted by atomic mass is 10.0. The number of nitrogens with zero attached hydrogens (tertiary/aromatic N) is 3. The predicted octanol–water partition coefficient (Wildman–Crippen LogP) is 4.03. The van der Waals surface area contributed by atoms with Gasteiger partial charge in [0, 0.05) is 56.5 Å². The lowest BCUT2D eigenvalue weighted by Gasteiger charge is -2.30. The number of nitro groups is 1. The highest BCUT2D eigenvalue weighted by molar-refractivity contribution is 7.20. The van der Waals surface area contributed by atoms with Crippen molar-refractivity contribution in [3.8, 4) is 11.5 Å². The molecule has 9 nitrogen and oxygen atoms in total. The van der Waals surface area contributed by atoms with E-state index in [1.807, 2.05) is 6.07 Å². The number of benzene rings is 1. The van der Waals surface area contributed by atoms with Crippen LogP contribution in [0.3, 0.4) is 0 Å². The molecule has 0 amide bonds. The molecule has 0 saturated carbocycles. The van der Waals surface area contributed by atoms with E-state index in [0.29, 0.717) is 32.0 Å². The van der Waals surface area contributed by atoms with Crippen molar-refractivity contribution in [2.24, 2.45) is 0 Å². The average Bonchev–Trinajstić information content (AvgIpc) is 3.31. The van der Waals surface area contributed by atoms with Gasteiger partial charge in [-0.1, -0.05) is 6.08 Å². The number of thiophene rings is 1.